The maximum atomic E-state index is 13.3. The number of benzene rings is 3. The van der Waals surface area contributed by atoms with Crippen LogP contribution in [0.2, 0.25) is 0 Å². The molecule has 1 saturated heterocycles. The summed E-state index contributed by atoms with van der Waals surface area (Å²) in [6.45, 7) is 6.15. The average Bonchev–Trinajstić information content (AvgIpc) is 2.78. The summed E-state index contributed by atoms with van der Waals surface area (Å²) in [6, 6.07) is 18.6. The fourth-order valence-electron chi connectivity index (χ4n) is 4.18. The zero-order chi connectivity index (χ0) is 24.4. The van der Waals surface area contributed by atoms with Crippen molar-refractivity contribution >= 4 is 45.5 Å². The third kappa shape index (κ3) is 5.02. The van der Waals surface area contributed by atoms with Crippen LogP contribution in [0.1, 0.15) is 40.3 Å². The second kappa shape index (κ2) is 9.77. The molecule has 0 saturated carbocycles. The second-order valence-corrected chi connectivity index (χ2v) is 9.41. The van der Waals surface area contributed by atoms with Crippen molar-refractivity contribution in [2.75, 3.05) is 4.90 Å². The highest BCUT2D eigenvalue weighted by atomic mass is 79.9. The van der Waals surface area contributed by atoms with E-state index in [0.717, 1.165) is 38.0 Å². The predicted octanol–water partition coefficient (Wildman–Crippen LogP) is 5.89. The summed E-state index contributed by atoms with van der Waals surface area (Å²) in [5, 5.41) is 2.30. The summed E-state index contributed by atoms with van der Waals surface area (Å²) >= 11 is 3.49. The van der Waals surface area contributed by atoms with E-state index in [1.54, 1.807) is 18.2 Å². The lowest BCUT2D eigenvalue weighted by molar-refractivity contribution is -0.122. The Hall–Kier alpha value is -3.51. The molecule has 1 aliphatic heterocycles. The molecule has 1 N–H and O–H groups in total. The van der Waals surface area contributed by atoms with Gasteiger partial charge >= 0.3 is 6.03 Å². The zero-order valence-corrected chi connectivity index (χ0v) is 20.9. The summed E-state index contributed by atoms with van der Waals surface area (Å²) < 4.78 is 0.829. The van der Waals surface area contributed by atoms with E-state index in [4.69, 9.17) is 0 Å². The van der Waals surface area contributed by atoms with E-state index in [9.17, 15) is 14.4 Å². The number of anilines is 1. The van der Waals surface area contributed by atoms with Crippen LogP contribution in [0.3, 0.4) is 0 Å². The van der Waals surface area contributed by atoms with E-state index in [2.05, 4.69) is 53.3 Å². The van der Waals surface area contributed by atoms with E-state index >= 15 is 0 Å². The molecule has 1 fully saturated rings. The molecular formula is C28H25BrN2O3. The molecule has 1 aliphatic rings. The fourth-order valence-corrected chi connectivity index (χ4v) is 4.56. The summed E-state index contributed by atoms with van der Waals surface area (Å²) in [6.07, 6.45) is 3.06. The molecule has 0 aliphatic carbocycles. The van der Waals surface area contributed by atoms with Crippen LogP contribution in [0.25, 0.3) is 6.08 Å². The van der Waals surface area contributed by atoms with Crippen LogP contribution in [0.5, 0.6) is 0 Å². The van der Waals surface area contributed by atoms with E-state index in [1.807, 2.05) is 37.3 Å². The van der Waals surface area contributed by atoms with Gasteiger partial charge in [-0.15, -0.1) is 0 Å². The first-order chi connectivity index (χ1) is 16.2. The minimum absolute atomic E-state index is 0.0843. The number of rotatable bonds is 5. The number of carbonyl (C=O) groups is 3. The Morgan fingerprint density at radius 2 is 1.56 bits per heavy atom. The Kier molecular flexibility index (Phi) is 6.80. The number of halogens is 1. The SMILES string of the molecule is CCc1ccc(N2C(=O)NC(=O)/C(=C\c3cc(Br)ccc3Cc3cc(C)cc(C)c3)C2=O)cc1. The third-order valence-corrected chi connectivity index (χ3v) is 6.28. The molecule has 0 atom stereocenters. The standard InChI is InChI=1S/C28H25BrN2O3/c1-4-19-5-9-24(10-6-19)31-27(33)25(26(32)30-28(31)34)16-22-15-23(29)8-7-21(22)14-20-12-17(2)11-18(3)13-20/h5-13,15-16H,4,14H2,1-3H3,(H,30,32,34)/b25-16+. The minimum Gasteiger partial charge on any atom is -0.273 e. The molecule has 34 heavy (non-hydrogen) atoms. The minimum atomic E-state index is -0.749. The lowest BCUT2D eigenvalue weighted by Gasteiger charge is -2.26. The zero-order valence-electron chi connectivity index (χ0n) is 19.3. The van der Waals surface area contributed by atoms with Crippen LogP contribution in [0.15, 0.2) is 70.7 Å². The second-order valence-electron chi connectivity index (χ2n) is 8.49. The number of nitrogens with one attached hydrogen (secondary N) is 1. The maximum Gasteiger partial charge on any atom is 0.335 e. The van der Waals surface area contributed by atoms with Crippen molar-refractivity contribution in [2.24, 2.45) is 0 Å². The molecular weight excluding hydrogens is 492 g/mol. The highest BCUT2D eigenvalue weighted by Gasteiger charge is 2.36. The van der Waals surface area contributed by atoms with Gasteiger partial charge in [0.15, 0.2) is 0 Å². The first kappa shape index (κ1) is 23.6. The van der Waals surface area contributed by atoms with Gasteiger partial charge in [-0.05, 0) is 79.3 Å². The number of urea groups is 1. The van der Waals surface area contributed by atoms with Crippen LogP contribution < -0.4 is 10.2 Å². The molecule has 0 radical (unpaired) electrons. The first-order valence-electron chi connectivity index (χ1n) is 11.1. The summed E-state index contributed by atoms with van der Waals surface area (Å²) in [7, 11) is 0. The monoisotopic (exact) mass is 516 g/mol. The van der Waals surface area contributed by atoms with Gasteiger partial charge < -0.3 is 0 Å². The molecule has 0 bridgehead atoms. The maximum absolute atomic E-state index is 13.3. The van der Waals surface area contributed by atoms with E-state index in [1.165, 1.54) is 11.1 Å². The molecule has 1 heterocycles. The largest absolute Gasteiger partial charge is 0.335 e. The van der Waals surface area contributed by atoms with Gasteiger partial charge in [0.2, 0.25) is 0 Å². The van der Waals surface area contributed by atoms with E-state index < -0.39 is 17.8 Å². The topological polar surface area (TPSA) is 66.5 Å². The van der Waals surface area contributed by atoms with Gasteiger partial charge in [-0.2, -0.15) is 0 Å². The molecule has 0 unspecified atom stereocenters. The van der Waals surface area contributed by atoms with Gasteiger partial charge in [-0.3, -0.25) is 14.9 Å². The van der Waals surface area contributed by atoms with Gasteiger partial charge in [0.25, 0.3) is 11.8 Å². The molecule has 0 aromatic heterocycles. The van der Waals surface area contributed by atoms with Crippen molar-refractivity contribution < 1.29 is 14.4 Å². The highest BCUT2D eigenvalue weighted by Crippen LogP contribution is 2.26. The summed E-state index contributed by atoms with van der Waals surface area (Å²) in [5.41, 5.74) is 6.63. The Balaban J connectivity index is 1.73. The van der Waals surface area contributed by atoms with Crippen LogP contribution in [-0.4, -0.2) is 17.8 Å². The first-order valence-corrected chi connectivity index (χ1v) is 11.9. The van der Waals surface area contributed by atoms with E-state index in [-0.39, 0.29) is 5.57 Å². The number of amides is 4. The van der Waals surface area contributed by atoms with Crippen molar-refractivity contribution in [1.82, 2.24) is 5.32 Å². The predicted molar refractivity (Wildman–Crippen MR) is 138 cm³/mol. The molecule has 3 aromatic carbocycles. The van der Waals surface area contributed by atoms with Crippen molar-refractivity contribution in [3.05, 3.63) is 104 Å². The van der Waals surface area contributed by atoms with Crippen molar-refractivity contribution in [3.63, 3.8) is 0 Å². The van der Waals surface area contributed by atoms with Crippen LogP contribution >= 0.6 is 15.9 Å². The number of aryl methyl sites for hydroxylation is 3. The normalized spacial score (nSPS) is 15.1. The van der Waals surface area contributed by atoms with Crippen molar-refractivity contribution in [2.45, 2.75) is 33.6 Å². The summed E-state index contributed by atoms with van der Waals surface area (Å²) in [5.74, 6) is -1.34. The number of carbonyl (C=O) groups excluding carboxylic acids is 3. The summed E-state index contributed by atoms with van der Waals surface area (Å²) in [4.78, 5) is 39.5. The number of hydrogen-bond donors (Lipinski definition) is 1. The van der Waals surface area contributed by atoms with Gasteiger partial charge in [0.1, 0.15) is 5.57 Å². The van der Waals surface area contributed by atoms with Gasteiger partial charge in [-0.1, -0.05) is 70.4 Å². The van der Waals surface area contributed by atoms with Crippen molar-refractivity contribution in [1.29, 1.82) is 0 Å². The fraction of sp³-hybridized carbons (Fsp3) is 0.179. The van der Waals surface area contributed by atoms with Crippen LogP contribution in [0.4, 0.5) is 10.5 Å². The lowest BCUT2D eigenvalue weighted by atomic mass is 9.95. The molecule has 0 spiro atoms. The van der Waals surface area contributed by atoms with E-state index in [0.29, 0.717) is 12.1 Å². The molecule has 5 nitrogen and oxygen atoms in total. The number of imide groups is 2. The molecule has 3 aromatic rings. The van der Waals surface area contributed by atoms with Crippen LogP contribution in [-0.2, 0) is 22.4 Å². The van der Waals surface area contributed by atoms with Gasteiger partial charge in [0.05, 0.1) is 5.69 Å². The number of hydrogen-bond acceptors (Lipinski definition) is 3. The Bertz CT molecular complexity index is 1310. The molecule has 4 amide bonds. The van der Waals surface area contributed by atoms with Gasteiger partial charge in [-0.25, -0.2) is 9.69 Å². The number of nitrogens with zero attached hydrogens (tertiary/aromatic N) is 1. The highest BCUT2D eigenvalue weighted by molar-refractivity contribution is 9.10. The lowest BCUT2D eigenvalue weighted by Crippen LogP contribution is -2.54. The average molecular weight is 517 g/mol. The molecule has 4 rings (SSSR count). The smallest absolute Gasteiger partial charge is 0.273 e. The Morgan fingerprint density at radius 3 is 2.21 bits per heavy atom. The molecule has 172 valence electrons. The number of barbiturate groups is 1. The van der Waals surface area contributed by atoms with Crippen molar-refractivity contribution in [3.8, 4) is 0 Å². The van der Waals surface area contributed by atoms with Gasteiger partial charge in [0, 0.05) is 4.47 Å². The molecule has 6 heteroatoms. The third-order valence-electron chi connectivity index (χ3n) is 5.79. The quantitative estimate of drug-likeness (QED) is 0.339. The Labute approximate surface area is 207 Å². The van der Waals surface area contributed by atoms with Crippen LogP contribution in [0, 0.1) is 13.8 Å². The Morgan fingerprint density at radius 1 is 0.882 bits per heavy atom.